The summed E-state index contributed by atoms with van der Waals surface area (Å²) < 4.78 is 28.0. The van der Waals surface area contributed by atoms with E-state index in [2.05, 4.69) is 0 Å². The van der Waals surface area contributed by atoms with Gasteiger partial charge in [-0.05, 0) is 0 Å². The summed E-state index contributed by atoms with van der Waals surface area (Å²) in [5.41, 5.74) is 0. The van der Waals surface area contributed by atoms with Gasteiger partial charge in [0.25, 0.3) is 0 Å². The van der Waals surface area contributed by atoms with Gasteiger partial charge in [0, 0.05) is 6.54 Å². The molecule has 2 fully saturated rings. The van der Waals surface area contributed by atoms with Gasteiger partial charge in [-0.15, -0.1) is 0 Å². The number of sulfone groups is 1. The first-order valence-corrected chi connectivity index (χ1v) is 7.18. The number of rotatable bonds is 2. The van der Waals surface area contributed by atoms with Crippen molar-refractivity contribution in [1.82, 2.24) is 4.90 Å². The second-order valence-electron chi connectivity index (χ2n) is 4.36. The Morgan fingerprint density at radius 2 is 2.12 bits per heavy atom. The number of aliphatic hydroxyl groups excluding tert-OH is 2. The van der Waals surface area contributed by atoms with Gasteiger partial charge in [-0.25, -0.2) is 8.42 Å². The summed E-state index contributed by atoms with van der Waals surface area (Å²) in [5.74, 6) is -0.197. The minimum atomic E-state index is -3.14. The zero-order valence-electron chi connectivity index (χ0n) is 8.95. The van der Waals surface area contributed by atoms with Crippen LogP contribution in [0.5, 0.6) is 0 Å². The summed E-state index contributed by atoms with van der Waals surface area (Å²) in [7, 11) is -3.14. The summed E-state index contributed by atoms with van der Waals surface area (Å²) in [6.45, 7) is 1.38. The molecule has 3 atom stereocenters. The van der Waals surface area contributed by atoms with Crippen LogP contribution in [0.3, 0.4) is 0 Å². The van der Waals surface area contributed by atoms with Gasteiger partial charge in [-0.1, -0.05) is 0 Å². The normalized spacial score (nSPS) is 40.0. The molecule has 2 heterocycles. The minimum Gasteiger partial charge on any atom is -0.395 e. The van der Waals surface area contributed by atoms with Crippen molar-refractivity contribution in [3.63, 3.8) is 0 Å². The largest absolute Gasteiger partial charge is 0.395 e. The summed E-state index contributed by atoms with van der Waals surface area (Å²) in [6.07, 6.45) is -0.850. The Balaban J connectivity index is 2.11. The zero-order valence-corrected chi connectivity index (χ0v) is 9.77. The van der Waals surface area contributed by atoms with Gasteiger partial charge in [-0.2, -0.15) is 0 Å². The van der Waals surface area contributed by atoms with E-state index in [1.54, 1.807) is 0 Å². The molecule has 7 heteroatoms. The van der Waals surface area contributed by atoms with Gasteiger partial charge in [0.15, 0.2) is 9.84 Å². The summed E-state index contributed by atoms with van der Waals surface area (Å²) in [5, 5.41) is 18.9. The Morgan fingerprint density at radius 3 is 2.69 bits per heavy atom. The molecule has 0 radical (unpaired) electrons. The molecule has 94 valence electrons. The number of morpholine rings is 1. The quantitative estimate of drug-likeness (QED) is 0.581. The number of ether oxygens (including phenoxy) is 1. The van der Waals surface area contributed by atoms with E-state index in [0.717, 1.165) is 0 Å². The van der Waals surface area contributed by atoms with E-state index in [1.165, 1.54) is 0 Å². The first kappa shape index (κ1) is 12.3. The highest BCUT2D eigenvalue weighted by Crippen LogP contribution is 2.22. The summed E-state index contributed by atoms with van der Waals surface area (Å²) in [6, 6.07) is -0.604. The van der Waals surface area contributed by atoms with E-state index in [1.807, 2.05) is 4.90 Å². The third kappa shape index (κ3) is 2.38. The molecule has 0 spiro atoms. The third-order valence-electron chi connectivity index (χ3n) is 3.20. The maximum atomic E-state index is 11.4. The molecule has 2 N–H and O–H groups in total. The highest BCUT2D eigenvalue weighted by atomic mass is 32.2. The average Bonchev–Trinajstić information content (AvgIpc) is 2.52. The summed E-state index contributed by atoms with van der Waals surface area (Å²) >= 11 is 0. The highest BCUT2D eigenvalue weighted by molar-refractivity contribution is 7.91. The Hall–Kier alpha value is -0.210. The second kappa shape index (κ2) is 4.58. The number of hydrogen-bond donors (Lipinski definition) is 2. The Morgan fingerprint density at radius 1 is 1.38 bits per heavy atom. The predicted molar refractivity (Wildman–Crippen MR) is 56.8 cm³/mol. The smallest absolute Gasteiger partial charge is 0.154 e. The van der Waals surface area contributed by atoms with E-state index >= 15 is 0 Å². The van der Waals surface area contributed by atoms with E-state index < -0.39 is 22.0 Å². The fraction of sp³-hybridized carbons (Fsp3) is 1.00. The Labute approximate surface area is 94.7 Å². The Kier molecular flexibility index (Phi) is 3.50. The van der Waals surface area contributed by atoms with Crippen LogP contribution < -0.4 is 0 Å². The standard InChI is InChI=1S/C9H17NO5S/c11-3-7-4-15-2-1-10(7)8-5-16(13,14)6-9(8)12/h7-9,11-12H,1-6H2. The lowest BCUT2D eigenvalue weighted by atomic mass is 10.1. The molecule has 0 aliphatic carbocycles. The first-order chi connectivity index (χ1) is 7.53. The fourth-order valence-electron chi connectivity index (χ4n) is 2.39. The fourth-order valence-corrected chi connectivity index (χ4v) is 4.20. The molecule has 2 saturated heterocycles. The van der Waals surface area contributed by atoms with Crippen molar-refractivity contribution in [2.75, 3.05) is 37.9 Å². The van der Waals surface area contributed by atoms with Crippen LogP contribution in [-0.2, 0) is 14.6 Å². The van der Waals surface area contributed by atoms with E-state index in [4.69, 9.17) is 4.74 Å². The topological polar surface area (TPSA) is 87.1 Å². The molecule has 2 rings (SSSR count). The van der Waals surface area contributed by atoms with Crippen LogP contribution in [0.1, 0.15) is 0 Å². The number of hydrogen-bond acceptors (Lipinski definition) is 6. The molecule has 0 saturated carbocycles. The van der Waals surface area contributed by atoms with Crippen molar-refractivity contribution >= 4 is 9.84 Å². The van der Waals surface area contributed by atoms with Gasteiger partial charge in [0.05, 0.1) is 49.5 Å². The van der Waals surface area contributed by atoms with Crippen molar-refractivity contribution in [3.05, 3.63) is 0 Å². The lowest BCUT2D eigenvalue weighted by Gasteiger charge is -2.39. The van der Waals surface area contributed by atoms with Crippen LogP contribution in [0.15, 0.2) is 0 Å². The molecule has 0 amide bonds. The maximum Gasteiger partial charge on any atom is 0.154 e. The SMILES string of the molecule is O=S1(=O)CC(O)C(N2CCOCC2CO)C1. The second-order valence-corrected chi connectivity index (χ2v) is 6.51. The molecule has 3 unspecified atom stereocenters. The molecule has 0 bridgehead atoms. The van der Waals surface area contributed by atoms with Crippen LogP contribution in [0.25, 0.3) is 0 Å². The number of nitrogens with zero attached hydrogens (tertiary/aromatic N) is 1. The molecule has 6 nitrogen and oxygen atoms in total. The molecular formula is C9H17NO5S. The first-order valence-electron chi connectivity index (χ1n) is 5.36. The molecule has 2 aliphatic rings. The van der Waals surface area contributed by atoms with Crippen LogP contribution >= 0.6 is 0 Å². The predicted octanol–water partition coefficient (Wildman–Crippen LogP) is -2.16. The van der Waals surface area contributed by atoms with Crippen LogP contribution in [0, 0.1) is 0 Å². The summed E-state index contributed by atoms with van der Waals surface area (Å²) in [4.78, 5) is 1.86. The van der Waals surface area contributed by atoms with E-state index in [9.17, 15) is 18.6 Å². The highest BCUT2D eigenvalue weighted by Gasteiger charge is 2.42. The molecular weight excluding hydrogens is 234 g/mol. The lowest BCUT2D eigenvalue weighted by Crippen LogP contribution is -2.55. The minimum absolute atomic E-state index is 0.0231. The van der Waals surface area contributed by atoms with E-state index in [0.29, 0.717) is 19.8 Å². The molecule has 0 aromatic rings. The zero-order chi connectivity index (χ0) is 11.8. The monoisotopic (exact) mass is 251 g/mol. The van der Waals surface area contributed by atoms with Gasteiger partial charge >= 0.3 is 0 Å². The van der Waals surface area contributed by atoms with Gasteiger partial charge in [0.2, 0.25) is 0 Å². The van der Waals surface area contributed by atoms with Crippen molar-refractivity contribution in [3.8, 4) is 0 Å². The average molecular weight is 251 g/mol. The number of aliphatic hydroxyl groups is 2. The van der Waals surface area contributed by atoms with Gasteiger partial charge in [0.1, 0.15) is 0 Å². The molecule has 0 aromatic heterocycles. The van der Waals surface area contributed by atoms with Crippen molar-refractivity contribution < 1.29 is 23.4 Å². The molecule has 2 aliphatic heterocycles. The van der Waals surface area contributed by atoms with Gasteiger partial charge in [-0.3, -0.25) is 4.90 Å². The van der Waals surface area contributed by atoms with Crippen LogP contribution in [-0.4, -0.2) is 79.6 Å². The van der Waals surface area contributed by atoms with Crippen molar-refractivity contribution in [1.29, 1.82) is 0 Å². The van der Waals surface area contributed by atoms with Gasteiger partial charge < -0.3 is 14.9 Å². The third-order valence-corrected chi connectivity index (χ3v) is 4.90. The van der Waals surface area contributed by atoms with Crippen LogP contribution in [0.2, 0.25) is 0 Å². The van der Waals surface area contributed by atoms with Crippen molar-refractivity contribution in [2.24, 2.45) is 0 Å². The molecule has 16 heavy (non-hydrogen) atoms. The molecule has 0 aromatic carbocycles. The Bertz CT molecular complexity index is 344. The lowest BCUT2D eigenvalue weighted by molar-refractivity contribution is -0.0616. The van der Waals surface area contributed by atoms with E-state index in [-0.39, 0.29) is 24.2 Å². The maximum absolute atomic E-state index is 11.4. The van der Waals surface area contributed by atoms with Crippen molar-refractivity contribution in [2.45, 2.75) is 18.2 Å². The van der Waals surface area contributed by atoms with Crippen LogP contribution in [0.4, 0.5) is 0 Å².